The van der Waals surface area contributed by atoms with Crippen LogP contribution in [-0.2, 0) is 21.4 Å². The van der Waals surface area contributed by atoms with Crippen molar-refractivity contribution in [2.75, 3.05) is 20.2 Å². The Kier molecular flexibility index (Phi) is 6.80. The maximum Gasteiger partial charge on any atom is 0.243 e. The van der Waals surface area contributed by atoms with E-state index >= 15 is 0 Å². The summed E-state index contributed by atoms with van der Waals surface area (Å²) in [6, 6.07) is 14.3. The number of carbonyl (C=O) groups excluding carboxylic acids is 1. The molecule has 8 nitrogen and oxygen atoms in total. The van der Waals surface area contributed by atoms with Gasteiger partial charge in [-0.15, -0.1) is 0 Å². The fourth-order valence-corrected chi connectivity index (χ4v) is 5.48. The number of carbonyl (C=O) groups is 1. The number of aryl methyl sites for hydroxylation is 1. The lowest BCUT2D eigenvalue weighted by Crippen LogP contribution is -2.42. The number of piperidine rings is 1. The first-order valence-electron chi connectivity index (χ1n) is 10.9. The second-order valence-corrected chi connectivity index (χ2v) is 10.0. The Balaban J connectivity index is 1.29. The molecule has 0 radical (unpaired) electrons. The molecule has 0 saturated carbocycles. The van der Waals surface area contributed by atoms with Gasteiger partial charge in [-0.1, -0.05) is 12.1 Å². The fourth-order valence-electron chi connectivity index (χ4n) is 4.01. The van der Waals surface area contributed by atoms with Gasteiger partial charge in [-0.05, 0) is 61.7 Å². The molecule has 4 rings (SSSR count). The molecule has 1 aliphatic heterocycles. The van der Waals surface area contributed by atoms with E-state index in [1.807, 2.05) is 42.0 Å². The first kappa shape index (κ1) is 23.0. The van der Waals surface area contributed by atoms with E-state index < -0.39 is 10.0 Å². The van der Waals surface area contributed by atoms with Gasteiger partial charge in [0.15, 0.2) is 0 Å². The highest BCUT2D eigenvalue weighted by Crippen LogP contribution is 2.25. The van der Waals surface area contributed by atoms with Crippen molar-refractivity contribution in [2.45, 2.75) is 31.2 Å². The van der Waals surface area contributed by atoms with E-state index in [4.69, 9.17) is 4.74 Å². The van der Waals surface area contributed by atoms with Crippen molar-refractivity contribution in [1.82, 2.24) is 19.2 Å². The summed E-state index contributed by atoms with van der Waals surface area (Å²) >= 11 is 0. The number of methoxy groups -OCH3 is 1. The number of hydrogen-bond acceptors (Lipinski definition) is 5. The van der Waals surface area contributed by atoms with Crippen LogP contribution in [-0.4, -0.2) is 48.4 Å². The second-order valence-electron chi connectivity index (χ2n) is 8.08. The van der Waals surface area contributed by atoms with E-state index in [0.29, 0.717) is 38.2 Å². The number of nitrogens with zero attached hydrogens (tertiary/aromatic N) is 3. The summed E-state index contributed by atoms with van der Waals surface area (Å²) in [7, 11) is -2.04. The lowest BCUT2D eigenvalue weighted by atomic mass is 9.97. The van der Waals surface area contributed by atoms with Gasteiger partial charge in [-0.3, -0.25) is 4.79 Å². The number of nitrogens with one attached hydrogen (secondary N) is 1. The highest BCUT2D eigenvalue weighted by Gasteiger charge is 2.32. The number of ether oxygens (including phenoxy) is 1. The SMILES string of the molecule is COc1ccc(S(=O)(=O)N2CCC(C(=O)NCc3ccc(-n4ccnc4C)cc3)CC2)cc1. The molecule has 0 spiro atoms. The maximum absolute atomic E-state index is 12.9. The molecule has 1 aliphatic rings. The highest BCUT2D eigenvalue weighted by molar-refractivity contribution is 7.89. The highest BCUT2D eigenvalue weighted by atomic mass is 32.2. The summed E-state index contributed by atoms with van der Waals surface area (Å²) < 4.78 is 34.3. The minimum Gasteiger partial charge on any atom is -0.497 e. The van der Waals surface area contributed by atoms with Crippen LogP contribution < -0.4 is 10.1 Å². The third kappa shape index (κ3) is 5.09. The van der Waals surface area contributed by atoms with Crippen LogP contribution in [0.2, 0.25) is 0 Å². The van der Waals surface area contributed by atoms with Gasteiger partial charge in [-0.25, -0.2) is 13.4 Å². The van der Waals surface area contributed by atoms with E-state index in [9.17, 15) is 13.2 Å². The molecule has 1 aromatic heterocycles. The minimum atomic E-state index is -3.58. The van der Waals surface area contributed by atoms with Crippen molar-refractivity contribution in [1.29, 1.82) is 0 Å². The van der Waals surface area contributed by atoms with E-state index in [2.05, 4.69) is 10.3 Å². The molecule has 1 amide bonds. The van der Waals surface area contributed by atoms with Crippen LogP contribution in [0.15, 0.2) is 65.8 Å². The number of amides is 1. The van der Waals surface area contributed by atoms with Gasteiger partial charge >= 0.3 is 0 Å². The van der Waals surface area contributed by atoms with Crippen LogP contribution in [0.25, 0.3) is 5.69 Å². The summed E-state index contributed by atoms with van der Waals surface area (Å²) in [5.74, 6) is 1.29. The van der Waals surface area contributed by atoms with Gasteiger partial charge in [0.1, 0.15) is 11.6 Å². The molecule has 9 heteroatoms. The quantitative estimate of drug-likeness (QED) is 0.576. The van der Waals surface area contributed by atoms with Crippen LogP contribution in [0, 0.1) is 12.8 Å². The molecule has 33 heavy (non-hydrogen) atoms. The summed E-state index contributed by atoms with van der Waals surface area (Å²) in [5, 5.41) is 2.99. The molecular weight excluding hydrogens is 440 g/mol. The molecule has 1 saturated heterocycles. The Morgan fingerprint density at radius 2 is 1.76 bits per heavy atom. The van der Waals surface area contributed by atoms with Crippen molar-refractivity contribution in [3.8, 4) is 11.4 Å². The van der Waals surface area contributed by atoms with Gasteiger partial charge in [0, 0.05) is 43.6 Å². The second kappa shape index (κ2) is 9.76. The summed E-state index contributed by atoms with van der Waals surface area (Å²) in [6.07, 6.45) is 4.67. The number of imidazole rings is 1. The van der Waals surface area contributed by atoms with E-state index in [-0.39, 0.29) is 16.7 Å². The van der Waals surface area contributed by atoms with Crippen molar-refractivity contribution in [3.63, 3.8) is 0 Å². The molecule has 1 N–H and O–H groups in total. The topological polar surface area (TPSA) is 93.5 Å². The average Bonchev–Trinajstić information content (AvgIpc) is 3.28. The molecule has 2 heterocycles. The predicted molar refractivity (Wildman–Crippen MR) is 125 cm³/mol. The zero-order chi connectivity index (χ0) is 23.4. The number of rotatable bonds is 7. The van der Waals surface area contributed by atoms with E-state index in [1.165, 1.54) is 11.4 Å². The largest absolute Gasteiger partial charge is 0.497 e. The predicted octanol–water partition coefficient (Wildman–Crippen LogP) is 2.91. The monoisotopic (exact) mass is 468 g/mol. The first-order valence-corrected chi connectivity index (χ1v) is 12.3. The Labute approximate surface area is 194 Å². The normalized spacial score (nSPS) is 15.3. The molecular formula is C24H28N4O4S. The molecule has 0 atom stereocenters. The number of hydrogen-bond donors (Lipinski definition) is 1. The van der Waals surface area contributed by atoms with Crippen molar-refractivity contribution in [2.24, 2.45) is 5.92 Å². The minimum absolute atomic E-state index is 0.0361. The molecule has 0 unspecified atom stereocenters. The Morgan fingerprint density at radius 1 is 1.09 bits per heavy atom. The third-order valence-corrected chi connectivity index (χ3v) is 7.94. The van der Waals surface area contributed by atoms with Crippen molar-refractivity contribution < 1.29 is 17.9 Å². The number of sulfonamides is 1. The zero-order valence-corrected chi connectivity index (χ0v) is 19.6. The summed E-state index contributed by atoms with van der Waals surface area (Å²) in [4.78, 5) is 17.1. The van der Waals surface area contributed by atoms with Crippen LogP contribution in [0.3, 0.4) is 0 Å². The van der Waals surface area contributed by atoms with Gasteiger partial charge in [0.2, 0.25) is 15.9 Å². The van der Waals surface area contributed by atoms with Gasteiger partial charge in [0.05, 0.1) is 12.0 Å². The lowest BCUT2D eigenvalue weighted by Gasteiger charge is -2.30. The molecule has 3 aromatic rings. The summed E-state index contributed by atoms with van der Waals surface area (Å²) in [5.41, 5.74) is 2.02. The van der Waals surface area contributed by atoms with Crippen LogP contribution >= 0.6 is 0 Å². The molecule has 174 valence electrons. The maximum atomic E-state index is 12.9. The zero-order valence-electron chi connectivity index (χ0n) is 18.8. The van der Waals surface area contributed by atoms with Gasteiger partial charge in [0.25, 0.3) is 0 Å². The first-order chi connectivity index (χ1) is 15.9. The lowest BCUT2D eigenvalue weighted by molar-refractivity contribution is -0.126. The molecule has 1 fully saturated rings. The van der Waals surface area contributed by atoms with Crippen molar-refractivity contribution >= 4 is 15.9 Å². The Morgan fingerprint density at radius 3 is 2.33 bits per heavy atom. The Hall–Kier alpha value is -3.17. The molecule has 0 bridgehead atoms. The number of aromatic nitrogens is 2. The Bertz CT molecular complexity index is 1200. The number of benzene rings is 2. The fraction of sp³-hybridized carbons (Fsp3) is 0.333. The smallest absolute Gasteiger partial charge is 0.243 e. The van der Waals surface area contributed by atoms with Crippen LogP contribution in [0.5, 0.6) is 5.75 Å². The molecule has 0 aliphatic carbocycles. The van der Waals surface area contributed by atoms with Gasteiger partial charge < -0.3 is 14.6 Å². The van der Waals surface area contributed by atoms with E-state index in [1.54, 1.807) is 30.5 Å². The third-order valence-electron chi connectivity index (χ3n) is 6.03. The van der Waals surface area contributed by atoms with E-state index in [0.717, 1.165) is 17.1 Å². The van der Waals surface area contributed by atoms with Crippen LogP contribution in [0.1, 0.15) is 24.2 Å². The van der Waals surface area contributed by atoms with Crippen molar-refractivity contribution in [3.05, 3.63) is 72.3 Å². The summed E-state index contributed by atoms with van der Waals surface area (Å²) in [6.45, 7) is 3.03. The van der Waals surface area contributed by atoms with Crippen LogP contribution in [0.4, 0.5) is 0 Å². The molecule has 2 aromatic carbocycles. The standard InChI is InChI=1S/C24H28N4O4S/c1-18-25-13-16-28(18)21-5-3-19(4-6-21)17-26-24(29)20-11-14-27(15-12-20)33(30,31)23-9-7-22(32-2)8-10-23/h3-10,13,16,20H,11-12,14-15,17H2,1-2H3,(H,26,29). The average molecular weight is 469 g/mol. The van der Waals surface area contributed by atoms with Gasteiger partial charge in [-0.2, -0.15) is 4.31 Å².